The van der Waals surface area contributed by atoms with E-state index in [0.717, 1.165) is 43.9 Å². The van der Waals surface area contributed by atoms with E-state index in [1.807, 2.05) is 37.8 Å². The predicted molar refractivity (Wildman–Crippen MR) is 114 cm³/mol. The third kappa shape index (κ3) is 4.82. The van der Waals surface area contributed by atoms with E-state index in [1.165, 1.54) is 0 Å². The van der Waals surface area contributed by atoms with Crippen molar-refractivity contribution in [3.63, 3.8) is 0 Å². The van der Waals surface area contributed by atoms with Gasteiger partial charge in [-0.2, -0.15) is 4.31 Å². The lowest BCUT2D eigenvalue weighted by molar-refractivity contribution is -0.138. The fourth-order valence-electron chi connectivity index (χ4n) is 4.26. The lowest BCUT2D eigenvalue weighted by Gasteiger charge is -2.40. The third-order valence-electron chi connectivity index (χ3n) is 6.26. The fraction of sp³-hybridized carbons (Fsp3) is 0.667. The summed E-state index contributed by atoms with van der Waals surface area (Å²) in [6.45, 7) is 14.3. The van der Waals surface area contributed by atoms with E-state index in [9.17, 15) is 13.2 Å². The fourth-order valence-corrected chi connectivity index (χ4v) is 5.89. The number of likely N-dealkylation sites (N-methyl/N-ethyl adjacent to an activating group) is 1. The van der Waals surface area contributed by atoms with Gasteiger partial charge >= 0.3 is 0 Å². The van der Waals surface area contributed by atoms with Crippen LogP contribution in [0.2, 0.25) is 0 Å². The summed E-state index contributed by atoms with van der Waals surface area (Å²) in [5.74, 6) is 0.159. The maximum Gasteiger partial charge on any atom is 0.243 e. The van der Waals surface area contributed by atoms with Gasteiger partial charge in [0, 0.05) is 52.4 Å². The number of rotatable bonds is 5. The number of carbonyl (C=O) groups excluding carboxylic acids is 1. The summed E-state index contributed by atoms with van der Waals surface area (Å²) < 4.78 is 27.7. The topological polar surface area (TPSA) is 64.2 Å². The van der Waals surface area contributed by atoms with E-state index < -0.39 is 10.0 Å². The Bertz CT molecular complexity index is 826. The molecule has 0 radical (unpaired) electrons. The highest BCUT2D eigenvalue weighted by atomic mass is 32.2. The van der Waals surface area contributed by atoms with Crippen LogP contribution in [0.5, 0.6) is 0 Å². The van der Waals surface area contributed by atoms with Crippen LogP contribution in [0.25, 0.3) is 0 Å². The number of carbonyl (C=O) groups is 1. The first-order chi connectivity index (χ1) is 13.7. The Hall–Kier alpha value is -1.48. The van der Waals surface area contributed by atoms with Gasteiger partial charge in [-0.25, -0.2) is 8.42 Å². The van der Waals surface area contributed by atoms with Gasteiger partial charge in [0.15, 0.2) is 0 Å². The van der Waals surface area contributed by atoms with Crippen molar-refractivity contribution in [2.24, 2.45) is 0 Å². The summed E-state index contributed by atoms with van der Waals surface area (Å²) in [4.78, 5) is 19.7. The minimum atomic E-state index is -3.50. The number of hydrogen-bond donors (Lipinski definition) is 0. The molecule has 3 rings (SSSR count). The van der Waals surface area contributed by atoms with Crippen LogP contribution in [0.1, 0.15) is 25.0 Å². The third-order valence-corrected chi connectivity index (χ3v) is 8.32. The number of piperazine rings is 2. The minimum Gasteiger partial charge on any atom is -0.339 e. The van der Waals surface area contributed by atoms with Crippen molar-refractivity contribution >= 4 is 15.9 Å². The molecular weight excluding hydrogens is 388 g/mol. The standard InChI is InChI=1S/C21H34N4O3S/c1-5-22-8-10-24(11-9-22)21(26)19(4)23-12-14-25(15-13-23)29(27,28)20-7-6-17(2)16-18(20)3/h6-7,16,19H,5,8-15H2,1-4H3/t19-/m0/s1. The highest BCUT2D eigenvalue weighted by Gasteiger charge is 2.34. The second kappa shape index (κ2) is 9.12. The zero-order valence-electron chi connectivity index (χ0n) is 18.1. The molecule has 0 bridgehead atoms. The SMILES string of the molecule is CCN1CCN(C(=O)[C@H](C)N2CCN(S(=O)(=O)c3ccc(C)cc3C)CC2)CC1. The smallest absolute Gasteiger partial charge is 0.243 e. The zero-order valence-corrected chi connectivity index (χ0v) is 18.9. The summed E-state index contributed by atoms with van der Waals surface area (Å²) in [5, 5.41) is 0. The van der Waals surface area contributed by atoms with E-state index in [1.54, 1.807) is 10.4 Å². The lowest BCUT2D eigenvalue weighted by atomic mass is 10.2. The van der Waals surface area contributed by atoms with Gasteiger partial charge in [-0.15, -0.1) is 0 Å². The number of nitrogens with zero attached hydrogens (tertiary/aromatic N) is 4. The number of sulfonamides is 1. The van der Waals surface area contributed by atoms with Gasteiger partial charge < -0.3 is 9.80 Å². The second-order valence-electron chi connectivity index (χ2n) is 8.14. The first-order valence-electron chi connectivity index (χ1n) is 10.6. The lowest BCUT2D eigenvalue weighted by Crippen LogP contribution is -2.57. The van der Waals surface area contributed by atoms with Gasteiger partial charge in [0.2, 0.25) is 15.9 Å². The van der Waals surface area contributed by atoms with Crippen LogP contribution in [0.3, 0.4) is 0 Å². The summed E-state index contributed by atoms with van der Waals surface area (Å²) in [7, 11) is -3.50. The molecule has 2 aliphatic heterocycles. The summed E-state index contributed by atoms with van der Waals surface area (Å²) in [5.41, 5.74) is 1.83. The number of aryl methyl sites for hydroxylation is 2. The average molecular weight is 423 g/mol. The van der Waals surface area contributed by atoms with Crippen LogP contribution in [-0.2, 0) is 14.8 Å². The summed E-state index contributed by atoms with van der Waals surface area (Å²) >= 11 is 0. The largest absolute Gasteiger partial charge is 0.339 e. The van der Waals surface area contributed by atoms with Gasteiger partial charge in [-0.05, 0) is 38.9 Å². The molecular formula is C21H34N4O3S. The van der Waals surface area contributed by atoms with Gasteiger partial charge in [-0.3, -0.25) is 9.69 Å². The van der Waals surface area contributed by atoms with E-state index in [-0.39, 0.29) is 11.9 Å². The van der Waals surface area contributed by atoms with Crippen molar-refractivity contribution in [3.05, 3.63) is 29.3 Å². The molecule has 1 aromatic rings. The van der Waals surface area contributed by atoms with Crippen molar-refractivity contribution in [2.45, 2.75) is 38.6 Å². The summed E-state index contributed by atoms with van der Waals surface area (Å²) in [6, 6.07) is 5.24. The van der Waals surface area contributed by atoms with Crippen molar-refractivity contribution in [2.75, 3.05) is 58.9 Å². The van der Waals surface area contributed by atoms with Crippen molar-refractivity contribution in [3.8, 4) is 0 Å². The highest BCUT2D eigenvalue weighted by molar-refractivity contribution is 7.89. The monoisotopic (exact) mass is 422 g/mol. The Morgan fingerprint density at radius 1 is 1.00 bits per heavy atom. The normalized spacial score (nSPS) is 21.3. The maximum absolute atomic E-state index is 13.1. The van der Waals surface area contributed by atoms with Crippen molar-refractivity contribution in [1.29, 1.82) is 0 Å². The number of amides is 1. The quantitative estimate of drug-likeness (QED) is 0.713. The van der Waals surface area contributed by atoms with E-state index >= 15 is 0 Å². The first kappa shape index (κ1) is 22.2. The molecule has 0 N–H and O–H groups in total. The molecule has 0 saturated carbocycles. The van der Waals surface area contributed by atoms with Crippen LogP contribution >= 0.6 is 0 Å². The molecule has 29 heavy (non-hydrogen) atoms. The first-order valence-corrected chi connectivity index (χ1v) is 12.0. The van der Waals surface area contributed by atoms with Gasteiger partial charge in [0.1, 0.15) is 0 Å². The molecule has 0 unspecified atom stereocenters. The Morgan fingerprint density at radius 2 is 1.62 bits per heavy atom. The van der Waals surface area contributed by atoms with Gasteiger partial charge in [-0.1, -0.05) is 24.6 Å². The Morgan fingerprint density at radius 3 is 2.17 bits per heavy atom. The molecule has 2 fully saturated rings. The van der Waals surface area contributed by atoms with Gasteiger partial charge in [0.25, 0.3) is 0 Å². The molecule has 0 spiro atoms. The Kier molecular flexibility index (Phi) is 6.98. The molecule has 7 nitrogen and oxygen atoms in total. The second-order valence-corrected chi connectivity index (χ2v) is 10.1. The zero-order chi connectivity index (χ0) is 21.2. The number of hydrogen-bond acceptors (Lipinski definition) is 5. The molecule has 0 aliphatic carbocycles. The van der Waals surface area contributed by atoms with E-state index in [0.29, 0.717) is 31.1 Å². The minimum absolute atomic E-state index is 0.159. The Balaban J connectivity index is 1.59. The van der Waals surface area contributed by atoms with Crippen LogP contribution < -0.4 is 0 Å². The van der Waals surface area contributed by atoms with Crippen LogP contribution in [0.4, 0.5) is 0 Å². The van der Waals surface area contributed by atoms with Crippen molar-refractivity contribution < 1.29 is 13.2 Å². The van der Waals surface area contributed by atoms with Crippen LogP contribution in [-0.4, -0.2) is 98.3 Å². The molecule has 2 saturated heterocycles. The van der Waals surface area contributed by atoms with Crippen LogP contribution in [0, 0.1) is 13.8 Å². The Labute approximate surface area is 175 Å². The molecule has 162 valence electrons. The molecule has 1 atom stereocenters. The van der Waals surface area contributed by atoms with Crippen LogP contribution in [0.15, 0.2) is 23.1 Å². The number of benzene rings is 1. The summed E-state index contributed by atoms with van der Waals surface area (Å²) in [6.07, 6.45) is 0. The van der Waals surface area contributed by atoms with E-state index in [2.05, 4.69) is 16.7 Å². The highest BCUT2D eigenvalue weighted by Crippen LogP contribution is 2.23. The van der Waals surface area contributed by atoms with Gasteiger partial charge in [0.05, 0.1) is 10.9 Å². The molecule has 1 amide bonds. The molecule has 2 heterocycles. The predicted octanol–water partition coefficient (Wildman–Crippen LogP) is 1.16. The van der Waals surface area contributed by atoms with E-state index in [4.69, 9.17) is 0 Å². The molecule has 1 aromatic carbocycles. The molecule has 2 aliphatic rings. The molecule has 8 heteroatoms. The van der Waals surface area contributed by atoms with Crippen molar-refractivity contribution in [1.82, 2.24) is 19.0 Å². The average Bonchev–Trinajstić information content (AvgIpc) is 2.72. The maximum atomic E-state index is 13.1. The molecule has 0 aromatic heterocycles.